The predicted molar refractivity (Wildman–Crippen MR) is 116 cm³/mol. The number of rotatable bonds is 2. The van der Waals surface area contributed by atoms with E-state index in [4.69, 9.17) is 9.47 Å². The second-order valence-electron chi connectivity index (χ2n) is 8.24. The smallest absolute Gasteiger partial charge is 0.150 e. The van der Waals surface area contributed by atoms with Crippen LogP contribution in [-0.4, -0.2) is 17.6 Å². The lowest BCUT2D eigenvalue weighted by molar-refractivity contribution is 0.241. The molecule has 1 N–H and O–H groups in total. The summed E-state index contributed by atoms with van der Waals surface area (Å²) in [5.41, 5.74) is 7.91. The van der Waals surface area contributed by atoms with Gasteiger partial charge >= 0.3 is 0 Å². The van der Waals surface area contributed by atoms with Crippen molar-refractivity contribution in [1.29, 1.82) is 0 Å². The summed E-state index contributed by atoms with van der Waals surface area (Å²) in [4.78, 5) is 4.19. The van der Waals surface area contributed by atoms with Crippen molar-refractivity contribution in [2.24, 2.45) is 0 Å². The molecule has 29 heavy (non-hydrogen) atoms. The van der Waals surface area contributed by atoms with Crippen molar-refractivity contribution in [3.05, 3.63) is 77.6 Å². The third-order valence-corrected chi connectivity index (χ3v) is 5.67. The van der Waals surface area contributed by atoms with Crippen molar-refractivity contribution < 1.29 is 9.47 Å². The number of nitrogens with one attached hydrogen (secondary N) is 1. The molecule has 0 spiro atoms. The Balaban J connectivity index is 1.84. The highest BCUT2D eigenvalue weighted by molar-refractivity contribution is 5.91. The van der Waals surface area contributed by atoms with Gasteiger partial charge in [-0.2, -0.15) is 0 Å². The standard InChI is InChI=1S/C25H24N2O2/c1-15-14-25(2,3)27-18-9-8-17-22-19(28-4)6-5-7-20(22)29-24(23(17)21(15)18)16-10-12-26-13-11-16/h5-14,24,27H,1-4H3. The summed E-state index contributed by atoms with van der Waals surface area (Å²) >= 11 is 0. The second kappa shape index (κ2) is 6.38. The van der Waals surface area contributed by atoms with Crippen LogP contribution in [-0.2, 0) is 0 Å². The quantitative estimate of drug-likeness (QED) is 0.602. The molecule has 1 unspecified atom stereocenters. The molecule has 0 aliphatic carbocycles. The van der Waals surface area contributed by atoms with E-state index < -0.39 is 0 Å². The van der Waals surface area contributed by atoms with E-state index in [9.17, 15) is 0 Å². The molecular formula is C25H24N2O2. The number of pyridine rings is 1. The van der Waals surface area contributed by atoms with E-state index in [-0.39, 0.29) is 11.6 Å². The Labute approximate surface area is 171 Å². The molecular weight excluding hydrogens is 360 g/mol. The fourth-order valence-corrected chi connectivity index (χ4v) is 4.64. The van der Waals surface area contributed by atoms with Gasteiger partial charge in [-0.15, -0.1) is 0 Å². The van der Waals surface area contributed by atoms with Gasteiger partial charge in [-0.25, -0.2) is 0 Å². The molecule has 3 heterocycles. The first-order valence-corrected chi connectivity index (χ1v) is 9.87. The molecule has 0 saturated heterocycles. The van der Waals surface area contributed by atoms with Gasteiger partial charge in [0.15, 0.2) is 6.10 Å². The van der Waals surface area contributed by atoms with Crippen LogP contribution in [0.15, 0.2) is 60.9 Å². The zero-order valence-electron chi connectivity index (χ0n) is 17.1. The highest BCUT2D eigenvalue weighted by atomic mass is 16.5. The Morgan fingerprint density at radius 1 is 1.03 bits per heavy atom. The Morgan fingerprint density at radius 3 is 2.59 bits per heavy atom. The molecule has 0 saturated carbocycles. The number of aromatic nitrogens is 1. The molecule has 2 aliphatic heterocycles. The minimum atomic E-state index is -0.214. The van der Waals surface area contributed by atoms with E-state index in [1.165, 1.54) is 16.7 Å². The average molecular weight is 384 g/mol. The lowest BCUT2D eigenvalue weighted by Gasteiger charge is -2.37. The van der Waals surface area contributed by atoms with E-state index in [1.807, 2.05) is 42.7 Å². The molecule has 1 aromatic heterocycles. The van der Waals surface area contributed by atoms with Gasteiger partial charge in [0.25, 0.3) is 0 Å². The number of methoxy groups -OCH3 is 1. The van der Waals surface area contributed by atoms with Gasteiger partial charge in [0, 0.05) is 29.2 Å². The van der Waals surface area contributed by atoms with Crippen molar-refractivity contribution in [2.75, 3.05) is 12.4 Å². The zero-order valence-corrected chi connectivity index (χ0v) is 17.1. The minimum absolute atomic E-state index is 0.0946. The van der Waals surface area contributed by atoms with E-state index in [0.717, 1.165) is 33.9 Å². The zero-order chi connectivity index (χ0) is 20.2. The lowest BCUT2D eigenvalue weighted by atomic mass is 9.80. The topological polar surface area (TPSA) is 43.4 Å². The van der Waals surface area contributed by atoms with Crippen LogP contribution in [0.4, 0.5) is 5.69 Å². The van der Waals surface area contributed by atoms with Crippen LogP contribution < -0.4 is 14.8 Å². The first kappa shape index (κ1) is 17.8. The summed E-state index contributed by atoms with van der Waals surface area (Å²) in [5, 5.41) is 3.67. The van der Waals surface area contributed by atoms with Gasteiger partial charge in [-0.05, 0) is 67.8 Å². The van der Waals surface area contributed by atoms with E-state index in [1.54, 1.807) is 7.11 Å². The Hall–Kier alpha value is -3.27. The number of hydrogen-bond acceptors (Lipinski definition) is 4. The van der Waals surface area contributed by atoms with Crippen LogP contribution in [0.5, 0.6) is 11.5 Å². The van der Waals surface area contributed by atoms with Gasteiger partial charge in [0.1, 0.15) is 11.5 Å². The SMILES string of the molecule is COc1cccc2c1-c1ccc3c(c1C(c1ccncc1)O2)C(C)=CC(C)(C)N3. The molecule has 5 rings (SSSR count). The van der Waals surface area contributed by atoms with E-state index in [2.05, 4.69) is 49.3 Å². The Kier molecular flexibility index (Phi) is 3.91. The summed E-state index contributed by atoms with van der Waals surface area (Å²) < 4.78 is 12.3. The van der Waals surface area contributed by atoms with Crippen molar-refractivity contribution >= 4 is 11.3 Å². The van der Waals surface area contributed by atoms with Crippen LogP contribution in [0.2, 0.25) is 0 Å². The van der Waals surface area contributed by atoms with Gasteiger partial charge < -0.3 is 14.8 Å². The maximum atomic E-state index is 6.59. The number of fused-ring (bicyclic) bond motifs is 5. The van der Waals surface area contributed by atoms with Crippen molar-refractivity contribution in [2.45, 2.75) is 32.4 Å². The van der Waals surface area contributed by atoms with Gasteiger partial charge in [-0.3, -0.25) is 4.98 Å². The largest absolute Gasteiger partial charge is 0.496 e. The number of hydrogen-bond donors (Lipinski definition) is 1. The van der Waals surface area contributed by atoms with Crippen LogP contribution >= 0.6 is 0 Å². The molecule has 4 heteroatoms. The molecule has 3 aromatic rings. The van der Waals surface area contributed by atoms with Crippen molar-refractivity contribution in [3.63, 3.8) is 0 Å². The fourth-order valence-electron chi connectivity index (χ4n) is 4.64. The average Bonchev–Trinajstić information content (AvgIpc) is 2.71. The monoisotopic (exact) mass is 384 g/mol. The Bertz CT molecular complexity index is 1130. The molecule has 146 valence electrons. The van der Waals surface area contributed by atoms with Gasteiger partial charge in [0.05, 0.1) is 18.2 Å². The second-order valence-corrected chi connectivity index (χ2v) is 8.24. The van der Waals surface area contributed by atoms with E-state index >= 15 is 0 Å². The summed E-state index contributed by atoms with van der Waals surface area (Å²) in [6.07, 6.45) is 5.71. The minimum Gasteiger partial charge on any atom is -0.496 e. The molecule has 1 atom stereocenters. The summed E-state index contributed by atoms with van der Waals surface area (Å²) in [6, 6.07) is 14.4. The first-order chi connectivity index (χ1) is 14.0. The third-order valence-electron chi connectivity index (χ3n) is 5.67. The summed E-state index contributed by atoms with van der Waals surface area (Å²) in [5.74, 6) is 1.66. The number of nitrogens with zero attached hydrogens (tertiary/aromatic N) is 1. The lowest BCUT2D eigenvalue weighted by Crippen LogP contribution is -2.32. The van der Waals surface area contributed by atoms with Gasteiger partial charge in [0.2, 0.25) is 0 Å². The molecule has 0 fully saturated rings. The first-order valence-electron chi connectivity index (χ1n) is 9.87. The fraction of sp³-hybridized carbons (Fsp3) is 0.240. The Morgan fingerprint density at radius 2 is 1.83 bits per heavy atom. The maximum Gasteiger partial charge on any atom is 0.150 e. The normalized spacial score (nSPS) is 18.3. The van der Waals surface area contributed by atoms with Gasteiger partial charge in [-0.1, -0.05) is 18.2 Å². The maximum absolute atomic E-state index is 6.59. The van der Waals surface area contributed by atoms with Crippen LogP contribution in [0.3, 0.4) is 0 Å². The molecule has 0 amide bonds. The molecule has 0 radical (unpaired) electrons. The van der Waals surface area contributed by atoms with Crippen molar-refractivity contribution in [3.8, 4) is 22.6 Å². The highest BCUT2D eigenvalue weighted by Crippen LogP contribution is 2.53. The summed E-state index contributed by atoms with van der Waals surface area (Å²) in [7, 11) is 1.71. The molecule has 2 aromatic carbocycles. The summed E-state index contributed by atoms with van der Waals surface area (Å²) in [6.45, 7) is 6.56. The van der Waals surface area contributed by atoms with Crippen LogP contribution in [0, 0.1) is 0 Å². The molecule has 4 nitrogen and oxygen atoms in total. The number of allylic oxidation sites excluding steroid dienone is 1. The van der Waals surface area contributed by atoms with E-state index in [0.29, 0.717) is 0 Å². The van der Waals surface area contributed by atoms with Crippen molar-refractivity contribution in [1.82, 2.24) is 4.98 Å². The number of anilines is 1. The van der Waals surface area contributed by atoms with Crippen LogP contribution in [0.25, 0.3) is 16.7 Å². The van der Waals surface area contributed by atoms with Crippen LogP contribution in [0.1, 0.15) is 43.6 Å². The molecule has 2 aliphatic rings. The highest BCUT2D eigenvalue weighted by Gasteiger charge is 2.35. The predicted octanol–water partition coefficient (Wildman–Crippen LogP) is 5.85. The molecule has 0 bridgehead atoms. The number of ether oxygens (including phenoxy) is 2. The number of benzene rings is 2. The third kappa shape index (κ3) is 2.79.